The average Bonchev–Trinajstić information content (AvgIpc) is 3.30. The van der Waals surface area contributed by atoms with Crippen LogP contribution in [0.4, 0.5) is 0 Å². The summed E-state index contributed by atoms with van der Waals surface area (Å²) in [5.74, 6) is 0.170. The van der Waals surface area contributed by atoms with Crippen LogP contribution in [0.25, 0.3) is 11.0 Å². The Morgan fingerprint density at radius 2 is 1.92 bits per heavy atom. The van der Waals surface area contributed by atoms with Gasteiger partial charge in [0, 0.05) is 30.5 Å². The SMILES string of the molecule is CCO[C@@H](Cc1ccc(OCCn2ccc3ccc(/C(=N/OC)C4CCCCC4)nc32)cc1)C(=O)O. The molecule has 1 fully saturated rings. The highest BCUT2D eigenvalue weighted by atomic mass is 16.6. The number of rotatable bonds is 12. The molecule has 1 aliphatic carbocycles. The van der Waals surface area contributed by atoms with Crippen LogP contribution in [0.1, 0.15) is 50.3 Å². The maximum absolute atomic E-state index is 11.3. The Kier molecular flexibility index (Phi) is 8.95. The number of hydrogen-bond donors (Lipinski definition) is 1. The van der Waals surface area contributed by atoms with Crippen LogP contribution in [-0.4, -0.2) is 52.8 Å². The molecule has 0 radical (unpaired) electrons. The molecule has 0 saturated heterocycles. The number of carbonyl (C=O) groups is 1. The van der Waals surface area contributed by atoms with Crippen molar-refractivity contribution in [3.8, 4) is 5.75 Å². The number of carboxylic acid groups (broad SMARTS) is 1. The molecule has 3 aromatic rings. The van der Waals surface area contributed by atoms with Gasteiger partial charge in [-0.3, -0.25) is 0 Å². The summed E-state index contributed by atoms with van der Waals surface area (Å²) >= 11 is 0. The van der Waals surface area contributed by atoms with E-state index in [4.69, 9.17) is 19.3 Å². The molecule has 36 heavy (non-hydrogen) atoms. The second-order valence-electron chi connectivity index (χ2n) is 9.09. The lowest BCUT2D eigenvalue weighted by Gasteiger charge is -2.22. The second-order valence-corrected chi connectivity index (χ2v) is 9.09. The summed E-state index contributed by atoms with van der Waals surface area (Å²) in [4.78, 5) is 21.5. The van der Waals surface area contributed by atoms with Crippen molar-refractivity contribution >= 4 is 22.7 Å². The Morgan fingerprint density at radius 1 is 1.14 bits per heavy atom. The van der Waals surface area contributed by atoms with Gasteiger partial charge in [-0.05, 0) is 55.7 Å². The van der Waals surface area contributed by atoms with Gasteiger partial charge >= 0.3 is 5.97 Å². The van der Waals surface area contributed by atoms with E-state index in [0.717, 1.165) is 46.6 Å². The molecule has 0 unspecified atom stereocenters. The van der Waals surface area contributed by atoms with Gasteiger partial charge in [0.25, 0.3) is 0 Å². The first-order chi connectivity index (χ1) is 17.6. The van der Waals surface area contributed by atoms with E-state index in [1.165, 1.54) is 19.3 Å². The van der Waals surface area contributed by atoms with Crippen molar-refractivity contribution < 1.29 is 24.2 Å². The Morgan fingerprint density at radius 3 is 2.61 bits per heavy atom. The van der Waals surface area contributed by atoms with Crippen molar-refractivity contribution in [2.24, 2.45) is 11.1 Å². The highest BCUT2D eigenvalue weighted by Crippen LogP contribution is 2.28. The predicted octanol–water partition coefficient (Wildman–Crippen LogP) is 5.08. The van der Waals surface area contributed by atoms with Gasteiger partial charge in [-0.1, -0.05) is 36.6 Å². The molecule has 2 aromatic heterocycles. The lowest BCUT2D eigenvalue weighted by molar-refractivity contribution is -0.149. The van der Waals surface area contributed by atoms with Crippen molar-refractivity contribution in [1.82, 2.24) is 9.55 Å². The molecule has 8 nitrogen and oxygen atoms in total. The Balaban J connectivity index is 1.39. The zero-order valence-electron chi connectivity index (χ0n) is 21.1. The molecule has 4 rings (SSSR count). The highest BCUT2D eigenvalue weighted by molar-refractivity contribution is 6.01. The molecule has 1 aromatic carbocycles. The number of aliphatic carboxylic acids is 1. The molecule has 1 N–H and O–H groups in total. The van der Waals surface area contributed by atoms with Crippen LogP contribution in [0.2, 0.25) is 0 Å². The third-order valence-corrected chi connectivity index (χ3v) is 6.64. The standard InChI is InChI=1S/C28H35N3O5/c1-3-35-25(28(32)33)19-20-9-12-23(13-10-20)36-18-17-31-16-15-22-11-14-24(29-27(22)31)26(30-34-2)21-7-5-4-6-8-21/h9-16,21,25H,3-8,17-19H2,1-2H3,(H,32,33)/b30-26+/t25-/m0/s1. The number of nitrogens with zero attached hydrogens (tertiary/aromatic N) is 3. The number of benzene rings is 1. The molecule has 192 valence electrons. The molecular weight excluding hydrogens is 458 g/mol. The largest absolute Gasteiger partial charge is 0.492 e. The summed E-state index contributed by atoms with van der Waals surface area (Å²) < 4.78 is 13.3. The first-order valence-corrected chi connectivity index (χ1v) is 12.7. The van der Waals surface area contributed by atoms with Crippen molar-refractivity contribution in [2.45, 2.75) is 58.1 Å². The van der Waals surface area contributed by atoms with E-state index in [0.29, 0.717) is 32.1 Å². The predicted molar refractivity (Wildman–Crippen MR) is 139 cm³/mol. The van der Waals surface area contributed by atoms with Crippen LogP contribution in [0, 0.1) is 5.92 Å². The van der Waals surface area contributed by atoms with Gasteiger partial charge in [0.2, 0.25) is 0 Å². The van der Waals surface area contributed by atoms with E-state index in [-0.39, 0.29) is 0 Å². The van der Waals surface area contributed by atoms with Gasteiger partial charge in [-0.2, -0.15) is 0 Å². The normalized spacial score (nSPS) is 15.7. The summed E-state index contributed by atoms with van der Waals surface area (Å²) in [6, 6.07) is 13.7. The Hall–Kier alpha value is -3.39. The first-order valence-electron chi connectivity index (χ1n) is 12.7. The Bertz CT molecular complexity index is 1170. The zero-order chi connectivity index (χ0) is 25.3. The third kappa shape index (κ3) is 6.43. The van der Waals surface area contributed by atoms with E-state index < -0.39 is 12.1 Å². The summed E-state index contributed by atoms with van der Waals surface area (Å²) in [5.41, 5.74) is 3.61. The van der Waals surface area contributed by atoms with Crippen LogP contribution in [0.5, 0.6) is 5.75 Å². The van der Waals surface area contributed by atoms with Gasteiger partial charge in [0.05, 0.1) is 12.2 Å². The summed E-state index contributed by atoms with van der Waals surface area (Å²) in [7, 11) is 1.59. The van der Waals surface area contributed by atoms with E-state index in [1.54, 1.807) is 14.0 Å². The van der Waals surface area contributed by atoms with Crippen molar-refractivity contribution in [2.75, 3.05) is 20.3 Å². The third-order valence-electron chi connectivity index (χ3n) is 6.64. The summed E-state index contributed by atoms with van der Waals surface area (Å²) in [6.07, 6.45) is 7.48. The minimum absolute atomic E-state index is 0.321. The molecule has 0 amide bonds. The lowest BCUT2D eigenvalue weighted by atomic mass is 9.84. The first kappa shape index (κ1) is 25.7. The van der Waals surface area contributed by atoms with E-state index in [1.807, 2.05) is 36.5 Å². The number of oxime groups is 1. The lowest BCUT2D eigenvalue weighted by Crippen LogP contribution is -2.26. The van der Waals surface area contributed by atoms with Crippen LogP contribution in [0.15, 0.2) is 53.8 Å². The number of ether oxygens (including phenoxy) is 2. The van der Waals surface area contributed by atoms with Gasteiger partial charge < -0.3 is 24.0 Å². The maximum Gasteiger partial charge on any atom is 0.333 e. The molecule has 2 heterocycles. The minimum atomic E-state index is -0.952. The molecule has 1 saturated carbocycles. The molecule has 8 heteroatoms. The summed E-state index contributed by atoms with van der Waals surface area (Å²) in [6.45, 7) is 3.28. The average molecular weight is 494 g/mol. The number of pyridine rings is 1. The van der Waals surface area contributed by atoms with Crippen molar-refractivity contribution in [3.05, 3.63) is 59.9 Å². The van der Waals surface area contributed by atoms with Gasteiger partial charge in [-0.15, -0.1) is 0 Å². The number of aromatic nitrogens is 2. The summed E-state index contributed by atoms with van der Waals surface area (Å²) in [5, 5.41) is 14.7. The fourth-order valence-corrected chi connectivity index (χ4v) is 4.80. The fraction of sp³-hybridized carbons (Fsp3) is 0.464. The van der Waals surface area contributed by atoms with E-state index in [2.05, 4.69) is 21.9 Å². The van der Waals surface area contributed by atoms with Crippen LogP contribution < -0.4 is 4.74 Å². The molecule has 0 spiro atoms. The van der Waals surface area contributed by atoms with Crippen LogP contribution in [0.3, 0.4) is 0 Å². The molecule has 1 aliphatic rings. The van der Waals surface area contributed by atoms with Crippen molar-refractivity contribution in [1.29, 1.82) is 0 Å². The highest BCUT2D eigenvalue weighted by Gasteiger charge is 2.23. The van der Waals surface area contributed by atoms with E-state index >= 15 is 0 Å². The molecule has 0 bridgehead atoms. The van der Waals surface area contributed by atoms with Gasteiger partial charge in [0.15, 0.2) is 6.10 Å². The molecule has 0 aliphatic heterocycles. The number of hydrogen-bond acceptors (Lipinski definition) is 6. The molecular formula is C28H35N3O5. The monoisotopic (exact) mass is 493 g/mol. The number of fused-ring (bicyclic) bond motifs is 1. The number of carboxylic acids is 1. The zero-order valence-corrected chi connectivity index (χ0v) is 21.1. The van der Waals surface area contributed by atoms with Crippen LogP contribution >= 0.6 is 0 Å². The van der Waals surface area contributed by atoms with Gasteiger partial charge in [0.1, 0.15) is 30.8 Å². The van der Waals surface area contributed by atoms with E-state index in [9.17, 15) is 9.90 Å². The molecule has 1 atom stereocenters. The smallest absolute Gasteiger partial charge is 0.333 e. The fourth-order valence-electron chi connectivity index (χ4n) is 4.80. The topological polar surface area (TPSA) is 95.2 Å². The Labute approximate surface area is 211 Å². The van der Waals surface area contributed by atoms with Crippen molar-refractivity contribution in [3.63, 3.8) is 0 Å². The minimum Gasteiger partial charge on any atom is -0.492 e. The maximum atomic E-state index is 11.3. The van der Waals surface area contributed by atoms with Gasteiger partial charge in [-0.25, -0.2) is 9.78 Å². The second kappa shape index (κ2) is 12.5. The quantitative estimate of drug-likeness (QED) is 0.279. The van der Waals surface area contributed by atoms with Crippen LogP contribution in [-0.2, 0) is 27.3 Å².